The zero-order valence-corrected chi connectivity index (χ0v) is 13.7. The molecule has 2 aromatic carbocycles. The predicted octanol–water partition coefficient (Wildman–Crippen LogP) is 4.04. The summed E-state index contributed by atoms with van der Waals surface area (Å²) in [5.41, 5.74) is 2.83. The smallest absolute Gasteiger partial charge is 0.205 e. The third-order valence-corrected chi connectivity index (χ3v) is 4.97. The number of thioether (sulfide) groups is 1. The van der Waals surface area contributed by atoms with Crippen LogP contribution in [0.4, 0.5) is 0 Å². The lowest BCUT2D eigenvalue weighted by molar-refractivity contribution is 0.270. The van der Waals surface area contributed by atoms with Crippen LogP contribution in [0.1, 0.15) is 12.0 Å². The third kappa shape index (κ3) is 2.34. The van der Waals surface area contributed by atoms with Gasteiger partial charge in [-0.1, -0.05) is 18.2 Å². The summed E-state index contributed by atoms with van der Waals surface area (Å²) in [5.74, 6) is 0.707. The van der Waals surface area contributed by atoms with E-state index >= 15 is 0 Å². The Kier molecular flexibility index (Phi) is 3.62. The second kappa shape index (κ2) is 5.78. The van der Waals surface area contributed by atoms with Crippen LogP contribution < -0.4 is 10.2 Å². The molecule has 0 amide bonds. The fraction of sp³-hybridized carbons (Fsp3) is 0.211. The van der Waals surface area contributed by atoms with Crippen LogP contribution in [-0.4, -0.2) is 17.4 Å². The number of para-hydroxylation sites is 1. The fourth-order valence-corrected chi connectivity index (χ4v) is 3.61. The van der Waals surface area contributed by atoms with Crippen molar-refractivity contribution >= 4 is 22.7 Å². The minimum absolute atomic E-state index is 0.104. The maximum absolute atomic E-state index is 12.8. The van der Waals surface area contributed by atoms with Crippen LogP contribution in [0.3, 0.4) is 0 Å². The molecule has 1 aliphatic heterocycles. The van der Waals surface area contributed by atoms with E-state index < -0.39 is 0 Å². The molecule has 0 radical (unpaired) electrons. The van der Waals surface area contributed by atoms with Gasteiger partial charge in [0.15, 0.2) is 5.43 Å². The van der Waals surface area contributed by atoms with Gasteiger partial charge < -0.3 is 4.74 Å². The Morgan fingerprint density at radius 2 is 2.00 bits per heavy atom. The summed E-state index contributed by atoms with van der Waals surface area (Å²) in [7, 11) is 0. The summed E-state index contributed by atoms with van der Waals surface area (Å²) in [6.45, 7) is 0.660. The number of hydrogen-bond donors (Lipinski definition) is 0. The Labute approximate surface area is 138 Å². The lowest BCUT2D eigenvalue weighted by atomic mass is 10.0. The average Bonchev–Trinajstić information content (AvgIpc) is 2.62. The van der Waals surface area contributed by atoms with Crippen LogP contribution in [0.25, 0.3) is 16.6 Å². The van der Waals surface area contributed by atoms with E-state index in [2.05, 4.69) is 29.0 Å². The van der Waals surface area contributed by atoms with Crippen LogP contribution in [0, 0.1) is 0 Å². The fourth-order valence-electron chi connectivity index (χ4n) is 3.16. The first-order chi connectivity index (χ1) is 11.3. The standard InChI is InChI=1S/C19H17NO2S/c1-23-14-7-4-6-13(12-14)20-17-10-3-2-8-15(17)18(21)16-9-5-11-22-19(16)20/h2-4,6-8,10,12H,5,9,11H2,1H3. The lowest BCUT2D eigenvalue weighted by Crippen LogP contribution is -2.23. The van der Waals surface area contributed by atoms with Crippen LogP contribution in [0.15, 0.2) is 58.2 Å². The highest BCUT2D eigenvalue weighted by Crippen LogP contribution is 2.31. The van der Waals surface area contributed by atoms with Gasteiger partial charge in [0.2, 0.25) is 5.88 Å². The second-order valence-corrected chi connectivity index (χ2v) is 6.50. The summed E-state index contributed by atoms with van der Waals surface area (Å²) >= 11 is 1.71. The zero-order valence-electron chi connectivity index (χ0n) is 12.9. The van der Waals surface area contributed by atoms with Gasteiger partial charge in [-0.3, -0.25) is 9.36 Å². The molecule has 0 bridgehead atoms. The highest BCUT2D eigenvalue weighted by Gasteiger charge is 2.21. The Hall–Kier alpha value is -2.20. The van der Waals surface area contributed by atoms with E-state index in [0.717, 1.165) is 35.0 Å². The second-order valence-electron chi connectivity index (χ2n) is 5.62. The number of fused-ring (bicyclic) bond motifs is 2. The van der Waals surface area contributed by atoms with Gasteiger partial charge in [-0.25, -0.2) is 0 Å². The number of hydrogen-bond acceptors (Lipinski definition) is 3. The molecule has 3 nitrogen and oxygen atoms in total. The van der Waals surface area contributed by atoms with Crippen LogP contribution in [0.2, 0.25) is 0 Å². The maximum atomic E-state index is 12.8. The Morgan fingerprint density at radius 1 is 1.13 bits per heavy atom. The number of aromatic nitrogens is 1. The molecule has 0 saturated heterocycles. The highest BCUT2D eigenvalue weighted by atomic mass is 32.2. The lowest BCUT2D eigenvalue weighted by Gasteiger charge is -2.24. The number of rotatable bonds is 2. The van der Waals surface area contributed by atoms with Gasteiger partial charge in [0, 0.05) is 10.3 Å². The minimum Gasteiger partial charge on any atom is -0.478 e. The van der Waals surface area contributed by atoms with Crippen molar-refractivity contribution < 1.29 is 4.74 Å². The minimum atomic E-state index is 0.104. The number of nitrogens with zero attached hydrogens (tertiary/aromatic N) is 1. The molecule has 116 valence electrons. The van der Waals surface area contributed by atoms with E-state index in [4.69, 9.17) is 4.74 Å². The third-order valence-electron chi connectivity index (χ3n) is 4.25. The molecule has 2 heterocycles. The first kappa shape index (κ1) is 14.4. The van der Waals surface area contributed by atoms with Crippen molar-refractivity contribution in [3.05, 3.63) is 64.3 Å². The molecule has 3 aromatic rings. The van der Waals surface area contributed by atoms with Gasteiger partial charge in [-0.2, -0.15) is 0 Å². The molecule has 1 aliphatic rings. The normalized spacial score (nSPS) is 13.6. The molecular formula is C19H17NO2S. The van der Waals surface area contributed by atoms with Gasteiger partial charge in [-0.05, 0) is 49.4 Å². The Morgan fingerprint density at radius 3 is 2.87 bits per heavy atom. The van der Waals surface area contributed by atoms with Crippen molar-refractivity contribution in [2.75, 3.05) is 12.9 Å². The van der Waals surface area contributed by atoms with Crippen molar-refractivity contribution in [2.24, 2.45) is 0 Å². The van der Waals surface area contributed by atoms with Gasteiger partial charge in [0.05, 0.1) is 23.4 Å². The molecule has 4 heteroatoms. The van der Waals surface area contributed by atoms with Crippen LogP contribution >= 0.6 is 11.8 Å². The predicted molar refractivity (Wildman–Crippen MR) is 95.1 cm³/mol. The van der Waals surface area contributed by atoms with E-state index in [1.54, 1.807) is 11.8 Å². The monoisotopic (exact) mass is 323 g/mol. The van der Waals surface area contributed by atoms with Crippen LogP contribution in [-0.2, 0) is 6.42 Å². The summed E-state index contributed by atoms with van der Waals surface area (Å²) in [5, 5.41) is 0.756. The van der Waals surface area contributed by atoms with Gasteiger partial charge >= 0.3 is 0 Å². The van der Waals surface area contributed by atoms with E-state index in [1.165, 1.54) is 4.90 Å². The number of benzene rings is 2. The van der Waals surface area contributed by atoms with Crippen LogP contribution in [0.5, 0.6) is 5.88 Å². The van der Waals surface area contributed by atoms with Gasteiger partial charge in [-0.15, -0.1) is 11.8 Å². The van der Waals surface area contributed by atoms with Crippen molar-refractivity contribution in [1.29, 1.82) is 0 Å². The first-order valence-corrected chi connectivity index (χ1v) is 8.96. The summed E-state index contributed by atoms with van der Waals surface area (Å²) in [4.78, 5) is 14.0. The average molecular weight is 323 g/mol. The van der Waals surface area contributed by atoms with Crippen molar-refractivity contribution in [3.63, 3.8) is 0 Å². The number of ether oxygens (including phenoxy) is 1. The molecule has 0 fully saturated rings. The Bertz CT molecular complexity index is 946. The summed E-state index contributed by atoms with van der Waals surface area (Å²) in [6.07, 6.45) is 3.74. The quantitative estimate of drug-likeness (QED) is 0.667. The Balaban J connectivity index is 2.12. The highest BCUT2D eigenvalue weighted by molar-refractivity contribution is 7.98. The molecule has 0 aliphatic carbocycles. The van der Waals surface area contributed by atoms with E-state index in [0.29, 0.717) is 12.5 Å². The van der Waals surface area contributed by atoms with Crippen molar-refractivity contribution in [2.45, 2.75) is 17.7 Å². The van der Waals surface area contributed by atoms with Crippen molar-refractivity contribution in [3.8, 4) is 11.6 Å². The molecule has 0 saturated carbocycles. The first-order valence-electron chi connectivity index (χ1n) is 7.73. The number of pyridine rings is 1. The van der Waals surface area contributed by atoms with E-state index in [9.17, 15) is 4.79 Å². The van der Waals surface area contributed by atoms with Gasteiger partial charge in [0.1, 0.15) is 0 Å². The topological polar surface area (TPSA) is 31.2 Å². The van der Waals surface area contributed by atoms with Gasteiger partial charge in [0.25, 0.3) is 0 Å². The molecule has 4 rings (SSSR count). The maximum Gasteiger partial charge on any atom is 0.205 e. The molecule has 0 atom stereocenters. The molecule has 0 spiro atoms. The SMILES string of the molecule is CSc1cccc(-n2c3c(c(=O)c4ccccc42)CCCO3)c1. The molecule has 1 aromatic heterocycles. The molecular weight excluding hydrogens is 306 g/mol. The van der Waals surface area contributed by atoms with Crippen molar-refractivity contribution in [1.82, 2.24) is 4.57 Å². The molecule has 0 N–H and O–H groups in total. The van der Waals surface area contributed by atoms with E-state index in [1.807, 2.05) is 30.3 Å². The summed E-state index contributed by atoms with van der Waals surface area (Å²) < 4.78 is 8.02. The largest absolute Gasteiger partial charge is 0.478 e. The molecule has 23 heavy (non-hydrogen) atoms. The molecule has 0 unspecified atom stereocenters. The summed E-state index contributed by atoms with van der Waals surface area (Å²) in [6, 6.07) is 16.1. The van der Waals surface area contributed by atoms with E-state index in [-0.39, 0.29) is 5.43 Å². The zero-order chi connectivity index (χ0) is 15.8.